The fourth-order valence-corrected chi connectivity index (χ4v) is 4.21. The number of pyridine rings is 1. The van der Waals surface area contributed by atoms with Crippen LogP contribution in [0.5, 0.6) is 0 Å². The Labute approximate surface area is 180 Å². The Bertz CT molecular complexity index is 864. The van der Waals surface area contributed by atoms with Crippen molar-refractivity contribution < 1.29 is 9.59 Å². The maximum Gasteiger partial charge on any atom is 0.321 e. The van der Waals surface area contributed by atoms with Gasteiger partial charge in [-0.1, -0.05) is 35.8 Å². The van der Waals surface area contributed by atoms with E-state index in [-0.39, 0.29) is 11.9 Å². The van der Waals surface area contributed by atoms with Crippen molar-refractivity contribution in [3.63, 3.8) is 0 Å². The highest BCUT2D eigenvalue weighted by Gasteiger charge is 2.28. The second-order valence-electron chi connectivity index (χ2n) is 7.99. The molecule has 2 heterocycles. The fourth-order valence-electron chi connectivity index (χ4n) is 3.85. The molecule has 0 radical (unpaired) electrons. The minimum Gasteiger partial charge on any atom is -0.338 e. The lowest BCUT2D eigenvalue weighted by Crippen LogP contribution is -2.43. The Morgan fingerprint density at radius 1 is 1.24 bits per heavy atom. The molecular formula is C22H27BrN4O2. The molecule has 3 rings (SSSR count). The predicted octanol–water partition coefficient (Wildman–Crippen LogP) is 4.63. The van der Waals surface area contributed by atoms with Crippen LogP contribution in [0.1, 0.15) is 36.2 Å². The molecule has 2 aromatic rings. The topological polar surface area (TPSA) is 65.5 Å². The number of rotatable bonds is 4. The molecule has 0 unspecified atom stereocenters. The SMILES string of the molecule is C[C@@H]1C[C@H](C)CN(C(=O)c2cc(Br)ccc2NC(=O)N(C)Cc2cccnc2)C1. The average molecular weight is 459 g/mol. The number of likely N-dealkylation sites (tertiary alicyclic amines) is 1. The van der Waals surface area contributed by atoms with Crippen molar-refractivity contribution in [2.45, 2.75) is 26.8 Å². The second kappa shape index (κ2) is 9.39. The monoisotopic (exact) mass is 458 g/mol. The number of carbonyl (C=O) groups is 2. The largest absolute Gasteiger partial charge is 0.338 e. The summed E-state index contributed by atoms with van der Waals surface area (Å²) >= 11 is 3.45. The molecule has 1 aliphatic heterocycles. The van der Waals surface area contributed by atoms with Crippen LogP contribution in [0, 0.1) is 11.8 Å². The van der Waals surface area contributed by atoms with Gasteiger partial charge in [-0.25, -0.2) is 4.79 Å². The highest BCUT2D eigenvalue weighted by Crippen LogP contribution is 2.27. The van der Waals surface area contributed by atoms with E-state index in [1.165, 1.54) is 0 Å². The number of nitrogens with zero attached hydrogens (tertiary/aromatic N) is 3. The zero-order chi connectivity index (χ0) is 21.0. The number of hydrogen-bond acceptors (Lipinski definition) is 3. The van der Waals surface area contributed by atoms with Crippen molar-refractivity contribution in [3.8, 4) is 0 Å². The van der Waals surface area contributed by atoms with E-state index in [0.29, 0.717) is 29.6 Å². The van der Waals surface area contributed by atoms with Crippen molar-refractivity contribution in [1.82, 2.24) is 14.8 Å². The molecule has 1 aromatic carbocycles. The van der Waals surface area contributed by atoms with Crippen LogP contribution < -0.4 is 5.32 Å². The summed E-state index contributed by atoms with van der Waals surface area (Å²) < 4.78 is 0.806. The summed E-state index contributed by atoms with van der Waals surface area (Å²) in [5.41, 5.74) is 1.96. The van der Waals surface area contributed by atoms with Crippen molar-refractivity contribution in [2.75, 3.05) is 25.5 Å². The highest BCUT2D eigenvalue weighted by atomic mass is 79.9. The number of carbonyl (C=O) groups excluding carboxylic acids is 2. The average Bonchev–Trinajstić information content (AvgIpc) is 2.68. The Morgan fingerprint density at radius 3 is 2.62 bits per heavy atom. The molecule has 2 atom stereocenters. The molecule has 0 bridgehead atoms. The van der Waals surface area contributed by atoms with Crippen LogP contribution in [-0.2, 0) is 6.54 Å². The van der Waals surface area contributed by atoms with Gasteiger partial charge in [0.05, 0.1) is 11.3 Å². The molecule has 1 fully saturated rings. The highest BCUT2D eigenvalue weighted by molar-refractivity contribution is 9.10. The van der Waals surface area contributed by atoms with Gasteiger partial charge in [0.1, 0.15) is 0 Å². The number of hydrogen-bond donors (Lipinski definition) is 1. The zero-order valence-corrected chi connectivity index (χ0v) is 18.6. The molecule has 7 heteroatoms. The summed E-state index contributed by atoms with van der Waals surface area (Å²) in [7, 11) is 1.72. The molecule has 154 valence electrons. The van der Waals surface area contributed by atoms with Gasteiger partial charge >= 0.3 is 6.03 Å². The smallest absolute Gasteiger partial charge is 0.321 e. The number of benzene rings is 1. The summed E-state index contributed by atoms with van der Waals surface area (Å²) in [6.07, 6.45) is 4.56. The maximum atomic E-state index is 13.2. The van der Waals surface area contributed by atoms with Crippen LogP contribution in [-0.4, -0.2) is 46.9 Å². The summed E-state index contributed by atoms with van der Waals surface area (Å²) in [6.45, 7) is 6.26. The summed E-state index contributed by atoms with van der Waals surface area (Å²) in [5.74, 6) is 0.895. The molecule has 3 amide bonds. The molecule has 1 N–H and O–H groups in total. The van der Waals surface area contributed by atoms with Crippen molar-refractivity contribution in [2.24, 2.45) is 11.8 Å². The van der Waals surface area contributed by atoms with E-state index in [1.807, 2.05) is 23.1 Å². The Morgan fingerprint density at radius 2 is 1.97 bits per heavy atom. The lowest BCUT2D eigenvalue weighted by Gasteiger charge is -2.35. The molecule has 0 aliphatic carbocycles. The van der Waals surface area contributed by atoms with E-state index >= 15 is 0 Å². The first-order chi connectivity index (χ1) is 13.8. The van der Waals surface area contributed by atoms with Crippen LogP contribution in [0.2, 0.25) is 0 Å². The first-order valence-corrected chi connectivity index (χ1v) is 10.6. The van der Waals surface area contributed by atoms with Gasteiger partial charge in [-0.15, -0.1) is 0 Å². The van der Waals surface area contributed by atoms with Crippen LogP contribution in [0.15, 0.2) is 47.2 Å². The van der Waals surface area contributed by atoms with Gasteiger partial charge in [-0.05, 0) is 48.1 Å². The zero-order valence-electron chi connectivity index (χ0n) is 17.1. The third-order valence-electron chi connectivity index (χ3n) is 5.10. The number of aromatic nitrogens is 1. The summed E-state index contributed by atoms with van der Waals surface area (Å²) in [6, 6.07) is 8.87. The minimum atomic E-state index is -0.273. The normalized spacial score (nSPS) is 19.0. The second-order valence-corrected chi connectivity index (χ2v) is 8.91. The van der Waals surface area contributed by atoms with Crippen LogP contribution in [0.3, 0.4) is 0 Å². The van der Waals surface area contributed by atoms with E-state index in [2.05, 4.69) is 40.1 Å². The van der Waals surface area contributed by atoms with Crippen LogP contribution in [0.4, 0.5) is 10.5 Å². The van der Waals surface area contributed by atoms with Gasteiger partial charge in [0.2, 0.25) is 0 Å². The van der Waals surface area contributed by atoms with Gasteiger partial charge in [0, 0.05) is 43.5 Å². The number of anilines is 1. The fraction of sp³-hybridized carbons (Fsp3) is 0.409. The van der Waals surface area contributed by atoms with E-state index in [4.69, 9.17) is 0 Å². The number of halogens is 1. The molecule has 29 heavy (non-hydrogen) atoms. The lowest BCUT2D eigenvalue weighted by molar-refractivity contribution is 0.0624. The van der Waals surface area contributed by atoms with E-state index in [0.717, 1.165) is 29.5 Å². The molecule has 1 saturated heterocycles. The number of piperidine rings is 1. The van der Waals surface area contributed by atoms with E-state index < -0.39 is 0 Å². The van der Waals surface area contributed by atoms with Crippen LogP contribution in [0.25, 0.3) is 0 Å². The number of nitrogens with one attached hydrogen (secondary N) is 1. The number of amides is 3. The standard InChI is InChI=1S/C22H27BrN4O2/c1-15-9-16(2)13-27(12-15)21(28)19-10-18(23)6-7-20(19)25-22(29)26(3)14-17-5-4-8-24-11-17/h4-8,10-11,15-16H,9,12-14H2,1-3H3,(H,25,29)/t15-,16+. The molecular weight excluding hydrogens is 432 g/mol. The van der Waals surface area contributed by atoms with Crippen molar-refractivity contribution >= 4 is 33.6 Å². The Hall–Kier alpha value is -2.41. The number of urea groups is 1. The van der Waals surface area contributed by atoms with Gasteiger partial charge < -0.3 is 15.1 Å². The van der Waals surface area contributed by atoms with Crippen molar-refractivity contribution in [1.29, 1.82) is 0 Å². The molecule has 1 aromatic heterocycles. The van der Waals surface area contributed by atoms with Gasteiger partial charge in [-0.2, -0.15) is 0 Å². The van der Waals surface area contributed by atoms with Gasteiger partial charge in [-0.3, -0.25) is 9.78 Å². The summed E-state index contributed by atoms with van der Waals surface area (Å²) in [5, 5.41) is 2.90. The molecule has 1 aliphatic rings. The van der Waals surface area contributed by atoms with Gasteiger partial charge in [0.25, 0.3) is 5.91 Å². The minimum absolute atomic E-state index is 0.0464. The first-order valence-electron chi connectivity index (χ1n) is 9.83. The lowest BCUT2D eigenvalue weighted by atomic mass is 9.91. The molecule has 6 nitrogen and oxygen atoms in total. The quantitative estimate of drug-likeness (QED) is 0.726. The maximum absolute atomic E-state index is 13.2. The third-order valence-corrected chi connectivity index (χ3v) is 5.59. The Balaban J connectivity index is 1.76. The van der Waals surface area contributed by atoms with Crippen molar-refractivity contribution in [3.05, 3.63) is 58.3 Å². The summed E-state index contributed by atoms with van der Waals surface area (Å²) in [4.78, 5) is 33.5. The van der Waals surface area contributed by atoms with Gasteiger partial charge in [0.15, 0.2) is 0 Å². The third kappa shape index (κ3) is 5.56. The van der Waals surface area contributed by atoms with Crippen LogP contribution >= 0.6 is 15.9 Å². The predicted molar refractivity (Wildman–Crippen MR) is 118 cm³/mol. The molecule has 0 saturated carbocycles. The Kier molecular flexibility index (Phi) is 6.90. The van der Waals surface area contributed by atoms with E-state index in [1.54, 1.807) is 36.5 Å². The molecule has 0 spiro atoms. The van der Waals surface area contributed by atoms with E-state index in [9.17, 15) is 9.59 Å². The first kappa shape index (κ1) is 21.3.